The van der Waals surface area contributed by atoms with E-state index in [1.54, 1.807) is 12.1 Å². The van der Waals surface area contributed by atoms with E-state index in [1.807, 2.05) is 62.7 Å². The van der Waals surface area contributed by atoms with Crippen LogP contribution in [-0.2, 0) is 19.7 Å². The van der Waals surface area contributed by atoms with E-state index < -0.39 is 0 Å². The highest BCUT2D eigenvalue weighted by Crippen LogP contribution is 2.19. The molecule has 0 bridgehead atoms. The Morgan fingerprint density at radius 2 is 1.79 bits per heavy atom. The fourth-order valence-corrected chi connectivity index (χ4v) is 3.76. The second-order valence-corrected chi connectivity index (χ2v) is 8.09. The average Bonchev–Trinajstić information content (AvgIpc) is 3.28. The quantitative estimate of drug-likeness (QED) is 0.427. The van der Waals surface area contributed by atoms with Gasteiger partial charge in [-0.3, -0.25) is 9.48 Å². The highest BCUT2D eigenvalue weighted by molar-refractivity contribution is 5.94. The van der Waals surface area contributed by atoms with Crippen LogP contribution in [0.4, 0.5) is 0 Å². The normalized spacial score (nSPS) is 10.9. The van der Waals surface area contributed by atoms with E-state index in [0.29, 0.717) is 31.0 Å². The molecule has 0 unspecified atom stereocenters. The third-order valence-electron chi connectivity index (χ3n) is 5.79. The molecule has 0 fully saturated rings. The Hall–Kier alpha value is -3.87. The van der Waals surface area contributed by atoms with Gasteiger partial charge in [-0.1, -0.05) is 41.6 Å². The molecule has 170 valence electrons. The summed E-state index contributed by atoms with van der Waals surface area (Å²) in [5.74, 6) is 1.19. The van der Waals surface area contributed by atoms with E-state index in [9.17, 15) is 4.79 Å². The van der Waals surface area contributed by atoms with E-state index in [0.717, 1.165) is 34.0 Å². The van der Waals surface area contributed by atoms with Crippen molar-refractivity contribution >= 4 is 5.91 Å². The topological polar surface area (TPSA) is 82.2 Å². The molecule has 0 spiro atoms. The van der Waals surface area contributed by atoms with E-state index in [2.05, 4.69) is 27.7 Å². The van der Waals surface area contributed by atoms with Crippen LogP contribution in [0.1, 0.15) is 49.9 Å². The van der Waals surface area contributed by atoms with Crippen LogP contribution in [-0.4, -0.2) is 20.8 Å². The van der Waals surface area contributed by atoms with Gasteiger partial charge >= 0.3 is 0 Å². The van der Waals surface area contributed by atoms with Gasteiger partial charge in [0.1, 0.15) is 18.1 Å². The lowest BCUT2D eigenvalue weighted by molar-refractivity contribution is 0.0950. The zero-order valence-corrected chi connectivity index (χ0v) is 19.4. The van der Waals surface area contributed by atoms with Crippen molar-refractivity contribution in [1.82, 2.24) is 20.3 Å². The Kier molecular flexibility index (Phi) is 6.58. The molecule has 4 rings (SSSR count). The van der Waals surface area contributed by atoms with Crippen molar-refractivity contribution in [2.75, 3.05) is 0 Å². The summed E-state index contributed by atoms with van der Waals surface area (Å²) in [4.78, 5) is 12.8. The van der Waals surface area contributed by atoms with Crippen LogP contribution in [0, 0.1) is 27.7 Å². The van der Waals surface area contributed by atoms with Crippen molar-refractivity contribution in [2.45, 2.75) is 47.4 Å². The molecule has 0 aliphatic heterocycles. The molecule has 1 amide bonds. The largest absolute Gasteiger partial charge is 0.489 e. The van der Waals surface area contributed by atoms with Gasteiger partial charge < -0.3 is 14.6 Å². The van der Waals surface area contributed by atoms with Crippen LogP contribution < -0.4 is 10.1 Å². The van der Waals surface area contributed by atoms with Crippen molar-refractivity contribution < 1.29 is 14.1 Å². The smallest absolute Gasteiger partial charge is 0.251 e. The van der Waals surface area contributed by atoms with Crippen molar-refractivity contribution in [1.29, 1.82) is 0 Å². The van der Waals surface area contributed by atoms with Gasteiger partial charge in [0.25, 0.3) is 5.91 Å². The Morgan fingerprint density at radius 1 is 1.00 bits per heavy atom. The molecule has 0 atom stereocenters. The molecule has 0 aliphatic rings. The third kappa shape index (κ3) is 5.14. The number of hydrogen-bond acceptors (Lipinski definition) is 5. The molecule has 2 aromatic carbocycles. The number of benzene rings is 2. The fraction of sp³-hybridized carbons (Fsp3) is 0.269. The minimum Gasteiger partial charge on any atom is -0.489 e. The summed E-state index contributed by atoms with van der Waals surface area (Å²) in [6.07, 6.45) is 0. The number of carbonyl (C=O) groups is 1. The highest BCUT2D eigenvalue weighted by atomic mass is 16.5. The van der Waals surface area contributed by atoms with Crippen LogP contribution in [0.2, 0.25) is 0 Å². The molecule has 2 aromatic heterocycles. The fourth-order valence-electron chi connectivity index (χ4n) is 3.76. The second kappa shape index (κ2) is 9.73. The number of ether oxygens (including phenoxy) is 1. The average molecular weight is 445 g/mol. The van der Waals surface area contributed by atoms with Crippen LogP contribution >= 0.6 is 0 Å². The molecular formula is C26H28N4O3. The molecule has 4 aromatic rings. The summed E-state index contributed by atoms with van der Waals surface area (Å²) < 4.78 is 13.0. The number of aromatic nitrogens is 3. The molecule has 7 nitrogen and oxygen atoms in total. The molecule has 1 N–H and O–H groups in total. The SMILES string of the molecule is Cc1noc(C)c1COc1cccc(C(=O)NCc2c(C)nn(Cc3ccccc3)c2C)c1. The summed E-state index contributed by atoms with van der Waals surface area (Å²) in [5.41, 5.74) is 6.45. The minimum atomic E-state index is -0.160. The van der Waals surface area contributed by atoms with Crippen molar-refractivity contribution in [3.63, 3.8) is 0 Å². The predicted octanol–water partition coefficient (Wildman–Crippen LogP) is 4.66. The summed E-state index contributed by atoms with van der Waals surface area (Å²) >= 11 is 0. The molecule has 0 saturated heterocycles. The lowest BCUT2D eigenvalue weighted by atomic mass is 10.1. The molecular weight excluding hydrogens is 416 g/mol. The van der Waals surface area contributed by atoms with Gasteiger partial charge in [-0.05, 0) is 51.5 Å². The minimum absolute atomic E-state index is 0.160. The standard InChI is InChI=1S/C26H28N4O3/c1-17-24(19(3)30(28-17)15-21-9-6-5-7-10-21)14-27-26(31)22-11-8-12-23(13-22)32-16-25-18(2)29-33-20(25)4/h5-13H,14-16H2,1-4H3,(H,27,31). The lowest BCUT2D eigenvalue weighted by Crippen LogP contribution is -2.23. The van der Waals surface area contributed by atoms with Gasteiger partial charge in [0.15, 0.2) is 0 Å². The van der Waals surface area contributed by atoms with Gasteiger partial charge in [0.05, 0.1) is 23.5 Å². The number of nitrogens with zero attached hydrogens (tertiary/aromatic N) is 3. The Balaban J connectivity index is 1.39. The second-order valence-electron chi connectivity index (χ2n) is 8.09. The number of nitrogens with one attached hydrogen (secondary N) is 1. The zero-order chi connectivity index (χ0) is 23.4. The summed E-state index contributed by atoms with van der Waals surface area (Å²) in [6.45, 7) is 9.19. The maximum atomic E-state index is 12.8. The number of rotatable bonds is 8. The van der Waals surface area contributed by atoms with Gasteiger partial charge in [0.2, 0.25) is 0 Å². The van der Waals surface area contributed by atoms with E-state index in [4.69, 9.17) is 9.26 Å². The number of amides is 1. The van der Waals surface area contributed by atoms with Crippen LogP contribution in [0.3, 0.4) is 0 Å². The van der Waals surface area contributed by atoms with Crippen LogP contribution in [0.5, 0.6) is 5.75 Å². The Labute approximate surface area is 193 Å². The molecule has 2 heterocycles. The first-order valence-corrected chi connectivity index (χ1v) is 10.9. The Morgan fingerprint density at radius 3 is 2.52 bits per heavy atom. The van der Waals surface area contributed by atoms with Gasteiger partial charge in [-0.25, -0.2) is 0 Å². The van der Waals surface area contributed by atoms with E-state index >= 15 is 0 Å². The third-order valence-corrected chi connectivity index (χ3v) is 5.79. The first kappa shape index (κ1) is 22.3. The van der Waals surface area contributed by atoms with Crippen LogP contribution in [0.15, 0.2) is 59.1 Å². The molecule has 7 heteroatoms. The maximum Gasteiger partial charge on any atom is 0.251 e. The predicted molar refractivity (Wildman–Crippen MR) is 125 cm³/mol. The highest BCUT2D eigenvalue weighted by Gasteiger charge is 2.15. The molecule has 0 radical (unpaired) electrons. The molecule has 0 aliphatic carbocycles. The summed E-state index contributed by atoms with van der Waals surface area (Å²) in [6, 6.07) is 17.4. The van der Waals surface area contributed by atoms with Crippen molar-refractivity contribution in [2.24, 2.45) is 0 Å². The summed E-state index contributed by atoms with van der Waals surface area (Å²) in [5, 5.41) is 11.6. The van der Waals surface area contributed by atoms with Crippen molar-refractivity contribution in [3.8, 4) is 5.75 Å². The maximum absolute atomic E-state index is 12.8. The molecule has 0 saturated carbocycles. The number of aryl methyl sites for hydroxylation is 3. The number of hydrogen-bond donors (Lipinski definition) is 1. The monoisotopic (exact) mass is 444 g/mol. The first-order valence-electron chi connectivity index (χ1n) is 10.9. The van der Waals surface area contributed by atoms with Crippen molar-refractivity contribution in [3.05, 3.63) is 99.7 Å². The number of carbonyl (C=O) groups excluding carboxylic acids is 1. The molecule has 33 heavy (non-hydrogen) atoms. The Bertz CT molecular complexity index is 1240. The first-order chi connectivity index (χ1) is 15.9. The van der Waals surface area contributed by atoms with Gasteiger partial charge in [-0.2, -0.15) is 5.10 Å². The lowest BCUT2D eigenvalue weighted by Gasteiger charge is -2.09. The van der Waals surface area contributed by atoms with Crippen LogP contribution in [0.25, 0.3) is 0 Å². The zero-order valence-electron chi connectivity index (χ0n) is 19.4. The van der Waals surface area contributed by atoms with Gasteiger partial charge in [0, 0.05) is 23.4 Å². The van der Waals surface area contributed by atoms with E-state index in [1.165, 1.54) is 5.56 Å². The summed E-state index contributed by atoms with van der Waals surface area (Å²) in [7, 11) is 0. The van der Waals surface area contributed by atoms with Gasteiger partial charge in [-0.15, -0.1) is 0 Å². The van der Waals surface area contributed by atoms with E-state index in [-0.39, 0.29) is 5.91 Å².